The zero-order valence-corrected chi connectivity index (χ0v) is 12.1. The molecule has 3 rings (SSSR count). The van der Waals surface area contributed by atoms with Crippen LogP contribution in [0.4, 0.5) is 10.1 Å². The van der Waals surface area contributed by atoms with E-state index in [0.717, 1.165) is 0 Å². The van der Waals surface area contributed by atoms with E-state index in [4.69, 9.17) is 11.6 Å². The Labute approximate surface area is 131 Å². The van der Waals surface area contributed by atoms with Crippen LogP contribution >= 0.6 is 11.6 Å². The van der Waals surface area contributed by atoms with Gasteiger partial charge in [0, 0.05) is 17.4 Å². The van der Waals surface area contributed by atoms with Crippen LogP contribution in [0, 0.1) is 5.82 Å². The fourth-order valence-corrected chi connectivity index (χ4v) is 2.23. The molecule has 4 nitrogen and oxygen atoms in total. The largest absolute Gasteiger partial charge is 0.319 e. The minimum Gasteiger partial charge on any atom is -0.319 e. The molecule has 1 aromatic heterocycles. The Morgan fingerprint density at radius 2 is 2.00 bits per heavy atom. The highest BCUT2D eigenvalue weighted by Gasteiger charge is 2.14. The maximum Gasteiger partial charge on any atom is 0.257 e. The second kappa shape index (κ2) is 5.99. The number of nitrogens with zero attached hydrogens (tertiary/aromatic N) is 2. The number of amides is 1. The van der Waals surface area contributed by atoms with Crippen molar-refractivity contribution < 1.29 is 9.18 Å². The van der Waals surface area contributed by atoms with Crippen LogP contribution in [-0.2, 0) is 0 Å². The van der Waals surface area contributed by atoms with Crippen molar-refractivity contribution in [3.05, 3.63) is 77.3 Å². The van der Waals surface area contributed by atoms with Crippen LogP contribution in [0.5, 0.6) is 0 Å². The maximum atomic E-state index is 13.7. The molecular formula is C16H11ClFN3O. The molecule has 1 amide bonds. The Kier molecular flexibility index (Phi) is 3.89. The minimum absolute atomic E-state index is 0.0350. The van der Waals surface area contributed by atoms with E-state index in [2.05, 4.69) is 10.4 Å². The summed E-state index contributed by atoms with van der Waals surface area (Å²) in [5, 5.41) is 6.98. The first kappa shape index (κ1) is 14.3. The van der Waals surface area contributed by atoms with Gasteiger partial charge in [0.2, 0.25) is 0 Å². The van der Waals surface area contributed by atoms with Gasteiger partial charge < -0.3 is 5.32 Å². The van der Waals surface area contributed by atoms with Crippen LogP contribution in [0.15, 0.2) is 60.9 Å². The molecule has 0 radical (unpaired) electrons. The van der Waals surface area contributed by atoms with Crippen molar-refractivity contribution in [2.45, 2.75) is 0 Å². The summed E-state index contributed by atoms with van der Waals surface area (Å²) in [6, 6.07) is 12.7. The fraction of sp³-hybridized carbons (Fsp3) is 0. The third-order valence-corrected chi connectivity index (χ3v) is 3.31. The van der Waals surface area contributed by atoms with Gasteiger partial charge in [-0.25, -0.2) is 9.07 Å². The van der Waals surface area contributed by atoms with Crippen LogP contribution in [0.25, 0.3) is 5.69 Å². The summed E-state index contributed by atoms with van der Waals surface area (Å²) < 4.78 is 15.3. The van der Waals surface area contributed by atoms with Crippen molar-refractivity contribution in [3.63, 3.8) is 0 Å². The SMILES string of the molecule is O=C(Nc1cc(Cl)ccc1F)c1ccccc1-n1cccn1. The maximum absolute atomic E-state index is 13.7. The van der Waals surface area contributed by atoms with Crippen LogP contribution < -0.4 is 5.32 Å². The fourth-order valence-electron chi connectivity index (χ4n) is 2.06. The summed E-state index contributed by atoms with van der Waals surface area (Å²) >= 11 is 5.83. The number of anilines is 1. The highest BCUT2D eigenvalue weighted by atomic mass is 35.5. The number of benzene rings is 2. The summed E-state index contributed by atoms with van der Waals surface area (Å²) in [7, 11) is 0. The van der Waals surface area contributed by atoms with Gasteiger partial charge in [-0.15, -0.1) is 0 Å². The lowest BCUT2D eigenvalue weighted by atomic mass is 10.1. The van der Waals surface area contributed by atoms with Gasteiger partial charge in [-0.05, 0) is 36.4 Å². The van der Waals surface area contributed by atoms with Gasteiger partial charge >= 0.3 is 0 Å². The van der Waals surface area contributed by atoms with E-state index in [1.807, 2.05) is 0 Å². The van der Waals surface area contributed by atoms with E-state index in [0.29, 0.717) is 16.3 Å². The van der Waals surface area contributed by atoms with Crippen LogP contribution in [0.2, 0.25) is 5.02 Å². The number of hydrogen-bond acceptors (Lipinski definition) is 2. The van der Waals surface area contributed by atoms with E-state index >= 15 is 0 Å². The highest BCUT2D eigenvalue weighted by molar-refractivity contribution is 6.31. The molecule has 2 aromatic carbocycles. The molecule has 22 heavy (non-hydrogen) atoms. The Morgan fingerprint density at radius 1 is 1.18 bits per heavy atom. The first-order valence-electron chi connectivity index (χ1n) is 6.50. The normalized spacial score (nSPS) is 10.5. The topological polar surface area (TPSA) is 46.9 Å². The Morgan fingerprint density at radius 3 is 2.77 bits per heavy atom. The third kappa shape index (κ3) is 2.84. The lowest BCUT2D eigenvalue weighted by molar-refractivity contribution is 0.102. The molecule has 1 N–H and O–H groups in total. The Bertz CT molecular complexity index is 818. The molecule has 110 valence electrons. The second-order valence-corrected chi connectivity index (χ2v) is 4.98. The summed E-state index contributed by atoms with van der Waals surface area (Å²) in [4.78, 5) is 12.4. The minimum atomic E-state index is -0.547. The van der Waals surface area contributed by atoms with Crippen molar-refractivity contribution in [2.24, 2.45) is 0 Å². The molecule has 0 bridgehead atoms. The molecule has 0 aliphatic rings. The molecule has 6 heteroatoms. The number of carbonyl (C=O) groups is 1. The zero-order chi connectivity index (χ0) is 15.5. The Hall–Kier alpha value is -2.66. The molecule has 0 fully saturated rings. The Balaban J connectivity index is 1.95. The lowest BCUT2D eigenvalue weighted by Gasteiger charge is -2.11. The predicted octanol–water partition coefficient (Wildman–Crippen LogP) is 3.92. The third-order valence-electron chi connectivity index (χ3n) is 3.08. The molecule has 0 atom stereocenters. The van der Waals surface area contributed by atoms with Gasteiger partial charge in [0.1, 0.15) is 5.82 Å². The number of nitrogens with one attached hydrogen (secondary N) is 1. The van der Waals surface area contributed by atoms with E-state index < -0.39 is 11.7 Å². The molecule has 0 aliphatic carbocycles. The summed E-state index contributed by atoms with van der Waals surface area (Å²) in [5.41, 5.74) is 1.02. The van der Waals surface area contributed by atoms with Gasteiger partial charge in [-0.1, -0.05) is 23.7 Å². The van der Waals surface area contributed by atoms with Gasteiger partial charge in [0.15, 0.2) is 0 Å². The first-order valence-corrected chi connectivity index (χ1v) is 6.88. The molecule has 0 saturated carbocycles. The van der Waals surface area contributed by atoms with Crippen LogP contribution in [-0.4, -0.2) is 15.7 Å². The summed E-state index contributed by atoms with van der Waals surface area (Å²) in [5.74, 6) is -0.985. The van der Waals surface area contributed by atoms with Crippen LogP contribution in [0.1, 0.15) is 10.4 Å². The zero-order valence-electron chi connectivity index (χ0n) is 11.3. The number of halogens is 2. The van der Waals surface area contributed by atoms with E-state index in [1.165, 1.54) is 18.2 Å². The van der Waals surface area contributed by atoms with Crippen molar-refractivity contribution in [3.8, 4) is 5.69 Å². The number of rotatable bonds is 3. The number of carbonyl (C=O) groups excluding carboxylic acids is 1. The summed E-state index contributed by atoms with van der Waals surface area (Å²) in [6.45, 7) is 0. The molecule has 3 aromatic rings. The molecule has 1 heterocycles. The monoisotopic (exact) mass is 315 g/mol. The van der Waals surface area contributed by atoms with Crippen molar-refractivity contribution in [1.29, 1.82) is 0 Å². The van der Waals surface area contributed by atoms with Crippen LogP contribution in [0.3, 0.4) is 0 Å². The van der Waals surface area contributed by atoms with Gasteiger partial charge in [0.05, 0.1) is 16.9 Å². The van der Waals surface area contributed by atoms with Gasteiger partial charge in [-0.3, -0.25) is 4.79 Å². The molecular weight excluding hydrogens is 305 g/mol. The predicted molar refractivity (Wildman–Crippen MR) is 82.9 cm³/mol. The van der Waals surface area contributed by atoms with Crippen molar-refractivity contribution in [2.75, 3.05) is 5.32 Å². The van der Waals surface area contributed by atoms with Crippen molar-refractivity contribution in [1.82, 2.24) is 9.78 Å². The quantitative estimate of drug-likeness (QED) is 0.796. The summed E-state index contributed by atoms with van der Waals surface area (Å²) in [6.07, 6.45) is 3.34. The smallest absolute Gasteiger partial charge is 0.257 e. The van der Waals surface area contributed by atoms with E-state index in [1.54, 1.807) is 47.4 Å². The lowest BCUT2D eigenvalue weighted by Crippen LogP contribution is -2.16. The average molecular weight is 316 g/mol. The molecule has 0 unspecified atom stereocenters. The van der Waals surface area contributed by atoms with Crippen molar-refractivity contribution >= 4 is 23.2 Å². The van der Waals surface area contributed by atoms with Gasteiger partial charge in [-0.2, -0.15) is 5.10 Å². The standard InChI is InChI=1S/C16H11ClFN3O/c17-11-6-7-13(18)14(10-11)20-16(22)12-4-1-2-5-15(12)21-9-3-8-19-21/h1-10H,(H,20,22). The average Bonchev–Trinajstić information content (AvgIpc) is 3.05. The second-order valence-electron chi connectivity index (χ2n) is 4.55. The molecule has 0 aliphatic heterocycles. The van der Waals surface area contributed by atoms with Gasteiger partial charge in [0.25, 0.3) is 5.91 Å². The number of hydrogen-bond donors (Lipinski definition) is 1. The van der Waals surface area contributed by atoms with E-state index in [9.17, 15) is 9.18 Å². The number of aromatic nitrogens is 2. The first-order chi connectivity index (χ1) is 10.6. The molecule has 0 spiro atoms. The highest BCUT2D eigenvalue weighted by Crippen LogP contribution is 2.21. The molecule has 0 saturated heterocycles. The number of para-hydroxylation sites is 1. The van der Waals surface area contributed by atoms with E-state index in [-0.39, 0.29) is 5.69 Å².